The standard InChI is InChI=1S/C21H18ClN7O/c1-2-27(19-14(10-23)11-25-21(24)26-19)12-16-13-28-9-8-17(22)18(28)20(30)29(16)15-6-4-3-5-7-15/h3-9,11,13H,2,12H2,1H3,(H2,24,25,26). The van der Waals surface area contributed by atoms with E-state index in [1.54, 1.807) is 21.2 Å². The first kappa shape index (κ1) is 19.5. The molecular formula is C21H18ClN7O. The molecule has 0 saturated heterocycles. The maximum absolute atomic E-state index is 13.4. The van der Waals surface area contributed by atoms with E-state index < -0.39 is 0 Å². The number of nitriles is 1. The highest BCUT2D eigenvalue weighted by Crippen LogP contribution is 2.22. The molecule has 0 unspecified atom stereocenters. The molecule has 4 rings (SSSR count). The molecule has 30 heavy (non-hydrogen) atoms. The third-order valence-corrected chi connectivity index (χ3v) is 5.11. The van der Waals surface area contributed by atoms with Crippen LogP contribution in [0.5, 0.6) is 0 Å². The predicted molar refractivity (Wildman–Crippen MR) is 116 cm³/mol. The first-order chi connectivity index (χ1) is 14.5. The number of hydrogen-bond acceptors (Lipinski definition) is 6. The van der Waals surface area contributed by atoms with E-state index in [-0.39, 0.29) is 11.5 Å². The van der Waals surface area contributed by atoms with Gasteiger partial charge >= 0.3 is 0 Å². The quantitative estimate of drug-likeness (QED) is 0.533. The number of fused-ring (bicyclic) bond motifs is 1. The lowest BCUT2D eigenvalue weighted by Gasteiger charge is -2.25. The fourth-order valence-electron chi connectivity index (χ4n) is 3.41. The molecular weight excluding hydrogens is 402 g/mol. The molecule has 0 aliphatic carbocycles. The largest absolute Gasteiger partial charge is 0.368 e. The Morgan fingerprint density at radius 3 is 2.73 bits per heavy atom. The number of nitrogens with two attached hydrogens (primary N) is 1. The number of benzene rings is 1. The van der Waals surface area contributed by atoms with E-state index in [2.05, 4.69) is 16.0 Å². The fraction of sp³-hybridized carbons (Fsp3) is 0.143. The molecule has 8 nitrogen and oxygen atoms in total. The van der Waals surface area contributed by atoms with Gasteiger partial charge in [0.2, 0.25) is 5.95 Å². The van der Waals surface area contributed by atoms with Crippen molar-refractivity contribution < 1.29 is 0 Å². The van der Waals surface area contributed by atoms with Crippen LogP contribution in [0.25, 0.3) is 11.2 Å². The zero-order valence-electron chi connectivity index (χ0n) is 16.2. The Labute approximate surface area is 177 Å². The molecule has 9 heteroatoms. The van der Waals surface area contributed by atoms with Crippen molar-refractivity contribution in [1.29, 1.82) is 5.26 Å². The van der Waals surface area contributed by atoms with Crippen LogP contribution in [0.4, 0.5) is 11.8 Å². The van der Waals surface area contributed by atoms with Gasteiger partial charge in [0.05, 0.1) is 23.5 Å². The average Bonchev–Trinajstić information content (AvgIpc) is 3.13. The third-order valence-electron chi connectivity index (χ3n) is 4.80. The molecule has 150 valence electrons. The van der Waals surface area contributed by atoms with Crippen molar-refractivity contribution in [3.05, 3.63) is 81.6 Å². The summed E-state index contributed by atoms with van der Waals surface area (Å²) in [5.41, 5.74) is 7.66. The Morgan fingerprint density at radius 2 is 2.03 bits per heavy atom. The molecule has 0 bridgehead atoms. The van der Waals surface area contributed by atoms with Crippen molar-refractivity contribution in [2.45, 2.75) is 13.5 Å². The highest BCUT2D eigenvalue weighted by molar-refractivity contribution is 6.33. The number of halogens is 1. The molecule has 0 radical (unpaired) electrons. The number of para-hydroxylation sites is 1. The molecule has 0 fully saturated rings. The molecule has 0 spiro atoms. The van der Waals surface area contributed by atoms with Gasteiger partial charge < -0.3 is 15.0 Å². The summed E-state index contributed by atoms with van der Waals surface area (Å²) in [5.74, 6) is 0.501. The van der Waals surface area contributed by atoms with Gasteiger partial charge in [-0.1, -0.05) is 29.8 Å². The maximum atomic E-state index is 13.4. The van der Waals surface area contributed by atoms with Crippen LogP contribution in [-0.2, 0) is 6.54 Å². The van der Waals surface area contributed by atoms with Gasteiger partial charge in [-0.05, 0) is 25.1 Å². The van der Waals surface area contributed by atoms with Gasteiger partial charge in [0.15, 0.2) is 5.82 Å². The lowest BCUT2D eigenvalue weighted by atomic mass is 10.2. The van der Waals surface area contributed by atoms with E-state index in [9.17, 15) is 10.1 Å². The summed E-state index contributed by atoms with van der Waals surface area (Å²) in [5, 5.41) is 9.86. The molecule has 2 N–H and O–H groups in total. The van der Waals surface area contributed by atoms with Gasteiger partial charge in [0, 0.05) is 24.6 Å². The molecule has 0 amide bonds. The summed E-state index contributed by atoms with van der Waals surface area (Å²) >= 11 is 6.26. The molecule has 3 heterocycles. The monoisotopic (exact) mass is 419 g/mol. The molecule has 0 saturated carbocycles. The zero-order chi connectivity index (χ0) is 21.3. The maximum Gasteiger partial charge on any atom is 0.281 e. The van der Waals surface area contributed by atoms with Gasteiger partial charge in [0.25, 0.3) is 5.56 Å². The van der Waals surface area contributed by atoms with Crippen LogP contribution in [0.3, 0.4) is 0 Å². The minimum Gasteiger partial charge on any atom is -0.368 e. The zero-order valence-corrected chi connectivity index (χ0v) is 16.9. The van der Waals surface area contributed by atoms with E-state index in [0.29, 0.717) is 40.7 Å². The lowest BCUT2D eigenvalue weighted by molar-refractivity contribution is 0.747. The van der Waals surface area contributed by atoms with Crippen molar-refractivity contribution in [1.82, 2.24) is 18.9 Å². The molecule has 0 aliphatic rings. The Balaban J connectivity index is 1.91. The topological polar surface area (TPSA) is 105 Å². The average molecular weight is 420 g/mol. The van der Waals surface area contributed by atoms with Crippen molar-refractivity contribution >= 4 is 28.9 Å². The fourth-order valence-corrected chi connectivity index (χ4v) is 3.64. The molecule has 0 aliphatic heterocycles. The van der Waals surface area contributed by atoms with E-state index in [1.807, 2.05) is 48.4 Å². The minimum atomic E-state index is -0.229. The lowest BCUT2D eigenvalue weighted by Crippen LogP contribution is -2.31. The van der Waals surface area contributed by atoms with Crippen molar-refractivity contribution in [3.8, 4) is 11.8 Å². The Bertz CT molecular complexity index is 1320. The molecule has 0 atom stereocenters. The summed E-state index contributed by atoms with van der Waals surface area (Å²) in [6.07, 6.45) is 5.01. The van der Waals surface area contributed by atoms with Gasteiger partial charge in [0.1, 0.15) is 17.1 Å². The van der Waals surface area contributed by atoms with Gasteiger partial charge in [-0.25, -0.2) is 4.98 Å². The molecule has 4 aromatic rings. The highest BCUT2D eigenvalue weighted by atomic mass is 35.5. The van der Waals surface area contributed by atoms with E-state index in [4.69, 9.17) is 17.3 Å². The van der Waals surface area contributed by atoms with Crippen LogP contribution >= 0.6 is 11.6 Å². The van der Waals surface area contributed by atoms with Crippen molar-refractivity contribution in [2.24, 2.45) is 0 Å². The van der Waals surface area contributed by atoms with E-state index in [1.165, 1.54) is 6.20 Å². The summed E-state index contributed by atoms with van der Waals surface area (Å²) in [7, 11) is 0. The third kappa shape index (κ3) is 3.36. The molecule has 3 aromatic heterocycles. The number of aromatic nitrogens is 4. The van der Waals surface area contributed by atoms with Crippen LogP contribution in [-0.4, -0.2) is 25.5 Å². The SMILES string of the molecule is CCN(Cc1cn2ccc(Cl)c2c(=O)n1-c1ccccc1)c1nc(N)ncc1C#N. The number of hydrogen-bond donors (Lipinski definition) is 1. The van der Waals surface area contributed by atoms with Crippen molar-refractivity contribution in [3.63, 3.8) is 0 Å². The van der Waals surface area contributed by atoms with Gasteiger partial charge in [-0.3, -0.25) is 9.36 Å². The van der Waals surface area contributed by atoms with Crippen molar-refractivity contribution in [2.75, 3.05) is 17.2 Å². The minimum absolute atomic E-state index is 0.0792. The molecule has 1 aromatic carbocycles. The highest BCUT2D eigenvalue weighted by Gasteiger charge is 2.19. The van der Waals surface area contributed by atoms with Gasteiger partial charge in [-0.2, -0.15) is 10.2 Å². The van der Waals surface area contributed by atoms with Crippen LogP contribution < -0.4 is 16.2 Å². The second-order valence-corrected chi connectivity index (χ2v) is 7.01. The number of rotatable bonds is 5. The Kier molecular flexibility index (Phi) is 5.12. The smallest absolute Gasteiger partial charge is 0.281 e. The first-order valence-electron chi connectivity index (χ1n) is 9.27. The Morgan fingerprint density at radius 1 is 1.27 bits per heavy atom. The number of anilines is 2. The summed E-state index contributed by atoms with van der Waals surface area (Å²) in [4.78, 5) is 23.4. The Hall–Kier alpha value is -3.83. The predicted octanol–water partition coefficient (Wildman–Crippen LogP) is 3.01. The second kappa shape index (κ2) is 7.89. The summed E-state index contributed by atoms with van der Waals surface area (Å²) in [6.45, 7) is 2.80. The van der Waals surface area contributed by atoms with E-state index >= 15 is 0 Å². The van der Waals surface area contributed by atoms with Crippen LogP contribution in [0.15, 0.2) is 59.8 Å². The van der Waals surface area contributed by atoms with Gasteiger partial charge in [-0.15, -0.1) is 0 Å². The van der Waals surface area contributed by atoms with Crippen LogP contribution in [0.1, 0.15) is 18.2 Å². The van der Waals surface area contributed by atoms with Crippen LogP contribution in [0, 0.1) is 11.3 Å². The van der Waals surface area contributed by atoms with E-state index in [0.717, 1.165) is 5.69 Å². The van der Waals surface area contributed by atoms with Crippen LogP contribution in [0.2, 0.25) is 5.02 Å². The summed E-state index contributed by atoms with van der Waals surface area (Å²) < 4.78 is 3.34. The normalized spacial score (nSPS) is 10.8. The number of nitrogen functional groups attached to an aromatic ring is 1. The number of nitrogens with zero attached hydrogens (tertiary/aromatic N) is 6. The second-order valence-electron chi connectivity index (χ2n) is 6.61. The summed E-state index contributed by atoms with van der Waals surface area (Å²) in [6, 6.07) is 13.1. The first-order valence-corrected chi connectivity index (χ1v) is 9.65.